The molecule has 1 amide bonds. The van der Waals surface area contributed by atoms with E-state index in [-0.39, 0.29) is 0 Å². The van der Waals surface area contributed by atoms with E-state index in [1.807, 2.05) is 0 Å². The van der Waals surface area contributed by atoms with Crippen LogP contribution in [-0.2, 0) is 4.79 Å². The number of likely N-dealkylation sites (tertiary alicyclic amines) is 1. The monoisotopic (exact) mass is 315 g/mol. The van der Waals surface area contributed by atoms with Crippen LogP contribution in [0.2, 0.25) is 0 Å². The zero-order valence-corrected chi connectivity index (χ0v) is 13.3. The van der Waals surface area contributed by atoms with Crippen molar-refractivity contribution >= 4 is 21.8 Å². The second-order valence-electron chi connectivity index (χ2n) is 6.63. The van der Waals surface area contributed by atoms with Crippen molar-refractivity contribution in [1.29, 1.82) is 0 Å². The van der Waals surface area contributed by atoms with Crippen LogP contribution in [0.5, 0.6) is 0 Å². The average molecular weight is 316 g/mol. The second kappa shape index (κ2) is 5.94. The molecule has 1 heterocycles. The molecule has 0 radical (unpaired) electrons. The molecule has 1 atom stereocenters. The van der Waals surface area contributed by atoms with Gasteiger partial charge in [-0.25, -0.2) is 0 Å². The Kier molecular flexibility index (Phi) is 4.74. The van der Waals surface area contributed by atoms with Gasteiger partial charge in [-0.15, -0.1) is 0 Å². The van der Waals surface area contributed by atoms with E-state index in [4.69, 9.17) is 0 Å². The smallest absolute Gasteiger partial charge is 0.222 e. The number of halogens is 1. The SMILES string of the molecule is CC(C)C1CCC(=O)N(CC2(CBr)CCC2)CC1. The van der Waals surface area contributed by atoms with Crippen LogP contribution < -0.4 is 0 Å². The van der Waals surface area contributed by atoms with E-state index in [0.29, 0.717) is 17.2 Å². The van der Waals surface area contributed by atoms with Gasteiger partial charge in [-0.05, 0) is 42.9 Å². The summed E-state index contributed by atoms with van der Waals surface area (Å²) in [6.07, 6.45) is 6.96. The van der Waals surface area contributed by atoms with E-state index >= 15 is 0 Å². The first-order valence-electron chi connectivity index (χ1n) is 7.40. The van der Waals surface area contributed by atoms with E-state index in [1.54, 1.807) is 0 Å². The molecule has 2 aliphatic rings. The summed E-state index contributed by atoms with van der Waals surface area (Å²) >= 11 is 3.65. The van der Waals surface area contributed by atoms with Crippen molar-refractivity contribution in [3.63, 3.8) is 0 Å². The van der Waals surface area contributed by atoms with Crippen LogP contribution in [0.25, 0.3) is 0 Å². The van der Waals surface area contributed by atoms with Crippen LogP contribution in [-0.4, -0.2) is 29.2 Å². The fraction of sp³-hybridized carbons (Fsp3) is 0.933. The summed E-state index contributed by atoms with van der Waals surface area (Å²) in [5, 5.41) is 1.05. The number of amides is 1. The highest BCUT2D eigenvalue weighted by atomic mass is 79.9. The molecular formula is C15H26BrNO. The molecule has 18 heavy (non-hydrogen) atoms. The molecule has 0 bridgehead atoms. The molecule has 1 saturated heterocycles. The highest BCUT2D eigenvalue weighted by Gasteiger charge is 2.39. The summed E-state index contributed by atoms with van der Waals surface area (Å²) in [4.78, 5) is 14.4. The molecule has 2 rings (SSSR count). The summed E-state index contributed by atoms with van der Waals surface area (Å²) in [5.41, 5.74) is 0.396. The highest BCUT2D eigenvalue weighted by Crippen LogP contribution is 2.43. The molecule has 1 aliphatic heterocycles. The second-order valence-corrected chi connectivity index (χ2v) is 7.19. The third-order valence-electron chi connectivity index (χ3n) is 5.02. The minimum absolute atomic E-state index is 0.394. The molecule has 0 aromatic rings. The fourth-order valence-corrected chi connectivity index (χ4v) is 4.05. The van der Waals surface area contributed by atoms with E-state index in [9.17, 15) is 4.79 Å². The third-order valence-corrected chi connectivity index (χ3v) is 6.21. The Morgan fingerprint density at radius 2 is 2.11 bits per heavy atom. The van der Waals surface area contributed by atoms with Crippen LogP contribution in [0.15, 0.2) is 0 Å². The normalized spacial score (nSPS) is 28.1. The molecule has 2 nitrogen and oxygen atoms in total. The maximum absolute atomic E-state index is 12.2. The zero-order valence-electron chi connectivity index (χ0n) is 11.8. The van der Waals surface area contributed by atoms with Crippen LogP contribution in [0.3, 0.4) is 0 Å². The largest absolute Gasteiger partial charge is 0.342 e. The Hall–Kier alpha value is -0.0500. The van der Waals surface area contributed by atoms with Crippen molar-refractivity contribution in [3.05, 3.63) is 0 Å². The van der Waals surface area contributed by atoms with E-state index in [1.165, 1.54) is 25.7 Å². The summed E-state index contributed by atoms with van der Waals surface area (Å²) in [5.74, 6) is 1.84. The topological polar surface area (TPSA) is 20.3 Å². The van der Waals surface area contributed by atoms with E-state index < -0.39 is 0 Å². The van der Waals surface area contributed by atoms with Crippen molar-refractivity contribution < 1.29 is 4.79 Å². The highest BCUT2D eigenvalue weighted by molar-refractivity contribution is 9.09. The van der Waals surface area contributed by atoms with Crippen molar-refractivity contribution in [2.75, 3.05) is 18.4 Å². The van der Waals surface area contributed by atoms with Gasteiger partial charge in [0.2, 0.25) is 5.91 Å². The number of carbonyl (C=O) groups excluding carboxylic acids is 1. The van der Waals surface area contributed by atoms with Gasteiger partial charge in [-0.3, -0.25) is 4.79 Å². The van der Waals surface area contributed by atoms with Crippen molar-refractivity contribution in [2.45, 2.75) is 52.4 Å². The fourth-order valence-electron chi connectivity index (χ4n) is 3.31. The van der Waals surface area contributed by atoms with Gasteiger partial charge in [0.05, 0.1) is 0 Å². The Morgan fingerprint density at radius 1 is 1.39 bits per heavy atom. The molecule has 1 aliphatic carbocycles. The lowest BCUT2D eigenvalue weighted by Crippen LogP contribution is -2.45. The molecule has 1 saturated carbocycles. The van der Waals surface area contributed by atoms with Gasteiger partial charge in [-0.1, -0.05) is 36.2 Å². The maximum Gasteiger partial charge on any atom is 0.222 e. The zero-order chi connectivity index (χ0) is 13.2. The first-order chi connectivity index (χ1) is 8.56. The van der Waals surface area contributed by atoms with Gasteiger partial charge < -0.3 is 4.90 Å². The van der Waals surface area contributed by atoms with Gasteiger partial charge in [-0.2, -0.15) is 0 Å². The van der Waals surface area contributed by atoms with Gasteiger partial charge in [0.1, 0.15) is 0 Å². The van der Waals surface area contributed by atoms with Crippen molar-refractivity contribution in [2.24, 2.45) is 17.3 Å². The molecule has 104 valence electrons. The molecule has 0 aromatic heterocycles. The quantitative estimate of drug-likeness (QED) is 0.722. The van der Waals surface area contributed by atoms with Crippen LogP contribution in [0.1, 0.15) is 52.4 Å². The summed E-state index contributed by atoms with van der Waals surface area (Å²) in [6, 6.07) is 0. The predicted octanol–water partition coefficient (Wildman–Crippen LogP) is 3.84. The number of hydrogen-bond acceptors (Lipinski definition) is 1. The molecule has 3 heteroatoms. The Bertz CT molecular complexity index is 293. The number of hydrogen-bond donors (Lipinski definition) is 0. The lowest BCUT2D eigenvalue weighted by molar-refractivity contribution is -0.133. The number of rotatable bonds is 4. The first kappa shape index (κ1) is 14.4. The molecule has 0 N–H and O–H groups in total. The van der Waals surface area contributed by atoms with Crippen LogP contribution in [0, 0.1) is 17.3 Å². The first-order valence-corrected chi connectivity index (χ1v) is 8.52. The Labute approximate surface area is 120 Å². The lowest BCUT2D eigenvalue weighted by atomic mass is 9.70. The van der Waals surface area contributed by atoms with Crippen LogP contribution >= 0.6 is 15.9 Å². The maximum atomic E-state index is 12.2. The minimum Gasteiger partial charge on any atom is -0.342 e. The summed E-state index contributed by atoms with van der Waals surface area (Å²) in [6.45, 7) is 6.55. The third kappa shape index (κ3) is 3.09. The summed E-state index contributed by atoms with van der Waals surface area (Å²) < 4.78 is 0. The van der Waals surface area contributed by atoms with Gasteiger partial charge in [0.25, 0.3) is 0 Å². The van der Waals surface area contributed by atoms with Gasteiger partial charge in [0, 0.05) is 24.8 Å². The molecular weight excluding hydrogens is 290 g/mol. The van der Waals surface area contributed by atoms with E-state index in [2.05, 4.69) is 34.7 Å². The average Bonchev–Trinajstić information content (AvgIpc) is 2.47. The Balaban J connectivity index is 1.94. The molecule has 0 aromatic carbocycles. The lowest BCUT2D eigenvalue weighted by Gasteiger charge is -2.44. The minimum atomic E-state index is 0.394. The number of alkyl halides is 1. The summed E-state index contributed by atoms with van der Waals surface area (Å²) in [7, 11) is 0. The predicted molar refractivity (Wildman–Crippen MR) is 78.8 cm³/mol. The number of carbonyl (C=O) groups is 1. The number of nitrogens with zero attached hydrogens (tertiary/aromatic N) is 1. The standard InChI is InChI=1S/C15H26BrNO/c1-12(2)13-4-5-14(18)17(9-6-13)11-15(10-16)7-3-8-15/h12-13H,3-11H2,1-2H3. The molecule has 2 fully saturated rings. The molecule has 0 spiro atoms. The van der Waals surface area contributed by atoms with Crippen molar-refractivity contribution in [1.82, 2.24) is 4.90 Å². The van der Waals surface area contributed by atoms with E-state index in [0.717, 1.165) is 37.2 Å². The van der Waals surface area contributed by atoms with Crippen LogP contribution in [0.4, 0.5) is 0 Å². The Morgan fingerprint density at radius 3 is 2.61 bits per heavy atom. The van der Waals surface area contributed by atoms with Gasteiger partial charge in [0.15, 0.2) is 0 Å². The molecule has 1 unspecified atom stereocenters. The van der Waals surface area contributed by atoms with Gasteiger partial charge >= 0.3 is 0 Å². The van der Waals surface area contributed by atoms with Crippen molar-refractivity contribution in [3.8, 4) is 0 Å².